The molecular weight excluding hydrogens is 767 g/mol. The van der Waals surface area contributed by atoms with Gasteiger partial charge in [-0.2, -0.15) is 15.0 Å². The second-order valence-corrected chi connectivity index (χ2v) is 17.3. The number of nitriles is 1. The minimum absolute atomic E-state index is 0.00999. The predicted molar refractivity (Wildman–Crippen MR) is 217 cm³/mol. The lowest BCUT2D eigenvalue weighted by atomic mass is 9.83. The first-order chi connectivity index (χ1) is 27.3. The van der Waals surface area contributed by atoms with E-state index in [1.165, 1.54) is 12.4 Å². The minimum atomic E-state index is -0.871. The number of carbonyl (C=O) groups is 2. The molecular formula is C42H46ClFN8O6. The third kappa shape index (κ3) is 7.66. The highest BCUT2D eigenvalue weighted by Gasteiger charge is 2.35. The summed E-state index contributed by atoms with van der Waals surface area (Å²) in [7, 11) is 2.08. The number of ether oxygens (including phenoxy) is 4. The fourth-order valence-corrected chi connectivity index (χ4v) is 7.43. The summed E-state index contributed by atoms with van der Waals surface area (Å²) in [5.74, 6) is -0.535. The first-order valence-electron chi connectivity index (χ1n) is 19.0. The number of nitrogens with zero attached hydrogens (tertiary/aromatic N) is 8. The third-order valence-electron chi connectivity index (χ3n) is 10.3. The van der Waals surface area contributed by atoms with Crippen molar-refractivity contribution in [2.24, 2.45) is 0 Å². The summed E-state index contributed by atoms with van der Waals surface area (Å²) < 4.78 is 40.6. The van der Waals surface area contributed by atoms with Crippen molar-refractivity contribution in [3.8, 4) is 29.3 Å². The lowest BCUT2D eigenvalue weighted by Crippen LogP contribution is -2.50. The Labute approximate surface area is 341 Å². The largest absolute Gasteiger partial charge is 0.444 e. The molecule has 304 valence electrons. The van der Waals surface area contributed by atoms with Gasteiger partial charge in [0.05, 0.1) is 22.8 Å². The standard InChI is InChI=1S/C42H46ClFN8O6/c1-40(2,3)57-38(53)51-19-17-50(18-20-51)34-25-13-15-46-37(56-35-27-23-47-52(39(54)58-41(4,5)6)30(27)21-29(44)32(35)43)33(25)48-36(26(34)22-45)55-31-12-10-11-28-24(31)14-16-49(9)42(28,7)8/h10-13,15,21,23H,14,16-20H2,1-9H3. The highest BCUT2D eigenvalue weighted by Crippen LogP contribution is 2.45. The summed E-state index contributed by atoms with van der Waals surface area (Å²) >= 11 is 6.56. The highest BCUT2D eigenvalue weighted by molar-refractivity contribution is 6.33. The van der Waals surface area contributed by atoms with Crippen LogP contribution in [0.15, 0.2) is 42.7 Å². The van der Waals surface area contributed by atoms with Crippen LogP contribution < -0.4 is 14.4 Å². The average molecular weight is 813 g/mol. The van der Waals surface area contributed by atoms with Gasteiger partial charge in [-0.3, -0.25) is 4.90 Å². The fraction of sp³-hybridized carbons (Fsp3) is 0.429. The van der Waals surface area contributed by atoms with Crippen molar-refractivity contribution in [2.75, 3.05) is 44.7 Å². The van der Waals surface area contributed by atoms with Crippen LogP contribution in [0.2, 0.25) is 5.02 Å². The molecule has 0 spiro atoms. The number of anilines is 1. The van der Waals surface area contributed by atoms with E-state index < -0.39 is 29.2 Å². The Morgan fingerprint density at radius 2 is 1.62 bits per heavy atom. The quantitative estimate of drug-likeness (QED) is 0.167. The molecule has 0 aliphatic carbocycles. The number of benzene rings is 2. The second kappa shape index (κ2) is 14.9. The van der Waals surface area contributed by atoms with Gasteiger partial charge in [0.25, 0.3) is 0 Å². The van der Waals surface area contributed by atoms with E-state index in [1.807, 2.05) is 37.8 Å². The number of aromatic nitrogens is 4. The Balaban J connectivity index is 1.37. The van der Waals surface area contributed by atoms with Crippen LogP contribution in [0.25, 0.3) is 21.8 Å². The molecule has 2 aliphatic heterocycles. The van der Waals surface area contributed by atoms with Crippen molar-refractivity contribution < 1.29 is 32.9 Å². The zero-order valence-electron chi connectivity index (χ0n) is 34.1. The number of likely N-dealkylation sites (N-methyl/N-ethyl adjacent to an activating group) is 1. The number of fused-ring (bicyclic) bond motifs is 3. The first kappa shape index (κ1) is 40.5. The molecule has 5 heterocycles. The van der Waals surface area contributed by atoms with Crippen LogP contribution in [0, 0.1) is 17.1 Å². The van der Waals surface area contributed by atoms with Crippen LogP contribution in [0.5, 0.6) is 23.3 Å². The smallest absolute Gasteiger partial charge is 0.435 e. The highest BCUT2D eigenvalue weighted by atomic mass is 35.5. The summed E-state index contributed by atoms with van der Waals surface area (Å²) in [5.41, 5.74) is 1.23. The maximum atomic E-state index is 15.5. The molecule has 2 aromatic carbocycles. The number of halogens is 2. The van der Waals surface area contributed by atoms with Crippen molar-refractivity contribution in [3.63, 3.8) is 0 Å². The van der Waals surface area contributed by atoms with E-state index >= 15 is 4.39 Å². The Morgan fingerprint density at radius 1 is 0.931 bits per heavy atom. The SMILES string of the molecule is CN1CCc2c(Oc3nc4c(Oc5c(Cl)c(F)cc6c5cnn6C(=O)OC(C)(C)C)nccc4c(N4CCN(C(=O)OC(C)(C)C)CC4)c3C#N)cccc2C1(C)C. The first-order valence-corrected chi connectivity index (χ1v) is 19.4. The number of carbonyl (C=O) groups excluding carboxylic acids is 2. The molecule has 1 saturated heterocycles. The van der Waals surface area contributed by atoms with E-state index in [9.17, 15) is 14.9 Å². The number of amides is 1. The number of pyridine rings is 2. The zero-order valence-corrected chi connectivity index (χ0v) is 34.8. The van der Waals surface area contributed by atoms with Gasteiger partial charge in [0.2, 0.25) is 11.8 Å². The Hall–Kier alpha value is -5.72. The molecule has 58 heavy (non-hydrogen) atoms. The van der Waals surface area contributed by atoms with Crippen LogP contribution in [0.3, 0.4) is 0 Å². The topological polar surface area (TPSA) is 148 Å². The molecule has 0 radical (unpaired) electrons. The molecule has 0 atom stereocenters. The van der Waals surface area contributed by atoms with E-state index in [0.717, 1.165) is 28.4 Å². The van der Waals surface area contributed by atoms with Crippen molar-refractivity contribution in [3.05, 3.63) is 70.3 Å². The van der Waals surface area contributed by atoms with Crippen LogP contribution >= 0.6 is 11.6 Å². The number of hydrogen-bond acceptors (Lipinski definition) is 12. The molecule has 16 heteroatoms. The van der Waals surface area contributed by atoms with Gasteiger partial charge in [-0.05, 0) is 86.6 Å². The molecule has 1 fully saturated rings. The zero-order chi connectivity index (χ0) is 41.9. The van der Waals surface area contributed by atoms with Gasteiger partial charge in [-0.25, -0.2) is 23.9 Å². The molecule has 1 amide bonds. The fourth-order valence-electron chi connectivity index (χ4n) is 7.23. The van der Waals surface area contributed by atoms with Gasteiger partial charge in [0, 0.05) is 61.5 Å². The lowest BCUT2D eigenvalue weighted by Gasteiger charge is -2.42. The van der Waals surface area contributed by atoms with Gasteiger partial charge < -0.3 is 28.7 Å². The van der Waals surface area contributed by atoms with Crippen LogP contribution in [-0.4, -0.2) is 92.7 Å². The van der Waals surface area contributed by atoms with Crippen LogP contribution in [0.4, 0.5) is 19.7 Å². The molecule has 0 unspecified atom stereocenters. The van der Waals surface area contributed by atoms with Crippen LogP contribution in [0.1, 0.15) is 72.1 Å². The lowest BCUT2D eigenvalue weighted by molar-refractivity contribution is 0.0240. The molecule has 5 aromatic rings. The van der Waals surface area contributed by atoms with Gasteiger partial charge in [-0.15, -0.1) is 0 Å². The third-order valence-corrected chi connectivity index (χ3v) is 10.7. The normalized spacial score (nSPS) is 15.9. The van der Waals surface area contributed by atoms with Crippen LogP contribution in [-0.2, 0) is 21.4 Å². The molecule has 7 rings (SSSR count). The molecule has 0 N–H and O–H groups in total. The Bertz CT molecular complexity index is 2490. The molecule has 14 nitrogen and oxygen atoms in total. The van der Waals surface area contributed by atoms with E-state index in [-0.39, 0.29) is 50.1 Å². The number of rotatable bonds is 5. The summed E-state index contributed by atoms with van der Waals surface area (Å²) in [6, 6.07) is 11.0. The van der Waals surface area contributed by atoms with Crippen molar-refractivity contribution in [1.29, 1.82) is 5.26 Å². The van der Waals surface area contributed by atoms with Crippen molar-refractivity contribution >= 4 is 51.3 Å². The monoisotopic (exact) mass is 812 g/mol. The van der Waals surface area contributed by atoms with E-state index in [2.05, 4.69) is 48.0 Å². The second-order valence-electron chi connectivity index (χ2n) is 16.9. The van der Waals surface area contributed by atoms with E-state index in [4.69, 9.17) is 35.5 Å². The number of piperazine rings is 1. The average Bonchev–Trinajstić information content (AvgIpc) is 3.57. The van der Waals surface area contributed by atoms with E-state index in [0.29, 0.717) is 49.4 Å². The van der Waals surface area contributed by atoms with Gasteiger partial charge >= 0.3 is 12.2 Å². The summed E-state index contributed by atoms with van der Waals surface area (Å²) in [6.45, 7) is 17.0. The maximum Gasteiger partial charge on any atom is 0.435 e. The van der Waals surface area contributed by atoms with Crippen molar-refractivity contribution in [2.45, 2.75) is 78.6 Å². The maximum absolute atomic E-state index is 15.5. The summed E-state index contributed by atoms with van der Waals surface area (Å²) in [4.78, 5) is 41.4. The Kier molecular flexibility index (Phi) is 10.4. The van der Waals surface area contributed by atoms with E-state index in [1.54, 1.807) is 31.7 Å². The predicted octanol–water partition coefficient (Wildman–Crippen LogP) is 8.79. The molecule has 0 bridgehead atoms. The van der Waals surface area contributed by atoms with Gasteiger partial charge in [-0.1, -0.05) is 23.7 Å². The molecule has 3 aromatic heterocycles. The Morgan fingerprint density at radius 3 is 2.29 bits per heavy atom. The van der Waals surface area contributed by atoms with Crippen molar-refractivity contribution in [1.82, 2.24) is 29.5 Å². The number of hydrogen-bond donors (Lipinski definition) is 0. The summed E-state index contributed by atoms with van der Waals surface area (Å²) in [5, 5.41) is 15.4. The van der Waals surface area contributed by atoms with Gasteiger partial charge in [0.15, 0.2) is 5.75 Å². The minimum Gasteiger partial charge on any atom is -0.444 e. The van der Waals surface area contributed by atoms with Gasteiger partial charge in [0.1, 0.15) is 44.9 Å². The molecule has 0 saturated carbocycles. The molecule has 2 aliphatic rings. The summed E-state index contributed by atoms with van der Waals surface area (Å²) in [6.07, 6.45) is 2.28.